The molecule has 0 fully saturated rings. The van der Waals surface area contributed by atoms with Gasteiger partial charge in [-0.05, 0) is 36.5 Å². The summed E-state index contributed by atoms with van der Waals surface area (Å²) in [4.78, 5) is 3.15. The number of para-hydroxylation sites is 2. The van der Waals surface area contributed by atoms with Crippen molar-refractivity contribution in [3.8, 4) is 5.75 Å². The van der Waals surface area contributed by atoms with Gasteiger partial charge in [-0.3, -0.25) is 0 Å². The molecule has 1 aromatic heterocycles. The molecule has 0 saturated heterocycles. The van der Waals surface area contributed by atoms with Gasteiger partial charge in [-0.2, -0.15) is 0 Å². The first-order valence-corrected chi connectivity index (χ1v) is 6.71. The van der Waals surface area contributed by atoms with Crippen molar-refractivity contribution in [1.82, 2.24) is 9.55 Å². The molecule has 0 aliphatic rings. The number of aromatic nitrogens is 2. The van der Waals surface area contributed by atoms with E-state index in [2.05, 4.69) is 4.98 Å². The summed E-state index contributed by atoms with van der Waals surface area (Å²) in [7, 11) is 0. The van der Waals surface area contributed by atoms with Crippen LogP contribution in [-0.4, -0.2) is 16.2 Å². The van der Waals surface area contributed by atoms with Crippen molar-refractivity contribution in [2.45, 2.75) is 6.54 Å². The molecule has 2 aromatic carbocycles. The lowest BCUT2D eigenvalue weighted by molar-refractivity contribution is 0.298. The second-order valence-corrected chi connectivity index (χ2v) is 4.79. The first-order chi connectivity index (χ1) is 9.74. The van der Waals surface area contributed by atoms with Gasteiger partial charge in [0.25, 0.3) is 0 Å². The minimum Gasteiger partial charge on any atom is -0.492 e. The minimum atomic E-state index is -0.300. The summed E-state index contributed by atoms with van der Waals surface area (Å²) in [6, 6.07) is 14.0. The zero-order valence-electron chi connectivity index (χ0n) is 10.7. The number of hydrogen-bond donors (Lipinski definition) is 1. The van der Waals surface area contributed by atoms with E-state index in [1.807, 2.05) is 28.8 Å². The minimum absolute atomic E-state index is 0.300. The average molecular weight is 288 g/mol. The lowest BCUT2D eigenvalue weighted by Gasteiger charge is -2.07. The predicted molar refractivity (Wildman–Crippen MR) is 79.0 cm³/mol. The number of aromatic amines is 1. The number of rotatable bonds is 4. The fraction of sp³-hybridized carbons (Fsp3) is 0.133. The maximum absolute atomic E-state index is 13.0. The summed E-state index contributed by atoms with van der Waals surface area (Å²) in [6.07, 6.45) is 0. The van der Waals surface area contributed by atoms with E-state index in [-0.39, 0.29) is 5.82 Å². The number of halogens is 1. The maximum atomic E-state index is 13.0. The summed E-state index contributed by atoms with van der Waals surface area (Å²) in [6.45, 7) is 1.04. The molecule has 102 valence electrons. The van der Waals surface area contributed by atoms with Gasteiger partial charge in [0, 0.05) is 6.07 Å². The van der Waals surface area contributed by atoms with Crippen molar-refractivity contribution < 1.29 is 9.13 Å². The Balaban J connectivity index is 1.74. The number of nitrogens with zero attached hydrogens (tertiary/aromatic N) is 1. The van der Waals surface area contributed by atoms with Crippen LogP contribution >= 0.6 is 12.2 Å². The van der Waals surface area contributed by atoms with Gasteiger partial charge in [-0.1, -0.05) is 18.2 Å². The third-order valence-corrected chi connectivity index (χ3v) is 3.38. The number of imidazole rings is 1. The normalized spacial score (nSPS) is 10.8. The van der Waals surface area contributed by atoms with E-state index in [0.29, 0.717) is 23.7 Å². The molecule has 0 aliphatic heterocycles. The fourth-order valence-electron chi connectivity index (χ4n) is 2.14. The fourth-order valence-corrected chi connectivity index (χ4v) is 2.44. The molecule has 1 N–H and O–H groups in total. The number of ether oxygens (including phenoxy) is 1. The molecule has 20 heavy (non-hydrogen) atoms. The predicted octanol–water partition coefficient (Wildman–Crippen LogP) is 3.92. The highest BCUT2D eigenvalue weighted by molar-refractivity contribution is 7.71. The highest BCUT2D eigenvalue weighted by Crippen LogP contribution is 2.15. The first-order valence-electron chi connectivity index (χ1n) is 6.30. The second kappa shape index (κ2) is 5.46. The Bertz CT molecular complexity index is 794. The van der Waals surface area contributed by atoms with Gasteiger partial charge >= 0.3 is 0 Å². The van der Waals surface area contributed by atoms with E-state index in [9.17, 15) is 4.39 Å². The van der Waals surface area contributed by atoms with Crippen molar-refractivity contribution in [3.63, 3.8) is 0 Å². The monoisotopic (exact) mass is 288 g/mol. The SMILES string of the molecule is Fc1cccc(OCCn2c(=S)[nH]c3ccccc32)c1. The van der Waals surface area contributed by atoms with Crippen LogP contribution in [0.5, 0.6) is 5.75 Å². The molecule has 1 heterocycles. The number of benzene rings is 2. The highest BCUT2D eigenvalue weighted by Gasteiger charge is 2.03. The molecule has 3 rings (SSSR count). The summed E-state index contributed by atoms with van der Waals surface area (Å²) in [5.41, 5.74) is 2.04. The number of nitrogens with one attached hydrogen (secondary N) is 1. The Kier molecular flexibility index (Phi) is 3.52. The second-order valence-electron chi connectivity index (χ2n) is 4.40. The molecule has 0 saturated carbocycles. The van der Waals surface area contributed by atoms with Gasteiger partial charge in [-0.25, -0.2) is 4.39 Å². The summed E-state index contributed by atoms with van der Waals surface area (Å²) in [5, 5.41) is 0. The van der Waals surface area contributed by atoms with Gasteiger partial charge in [0.2, 0.25) is 0 Å². The van der Waals surface area contributed by atoms with Gasteiger partial charge < -0.3 is 14.3 Å². The van der Waals surface area contributed by atoms with Gasteiger partial charge in [-0.15, -0.1) is 0 Å². The van der Waals surface area contributed by atoms with Gasteiger partial charge in [0.15, 0.2) is 4.77 Å². The topological polar surface area (TPSA) is 29.9 Å². The van der Waals surface area contributed by atoms with Crippen LogP contribution in [0.1, 0.15) is 0 Å². The van der Waals surface area contributed by atoms with Crippen molar-refractivity contribution >= 4 is 23.3 Å². The lowest BCUT2D eigenvalue weighted by atomic mass is 10.3. The molecule has 0 atom stereocenters. The summed E-state index contributed by atoms with van der Waals surface area (Å²) in [5.74, 6) is 0.225. The van der Waals surface area contributed by atoms with Crippen LogP contribution in [0.2, 0.25) is 0 Å². The Morgan fingerprint density at radius 1 is 1.15 bits per heavy atom. The summed E-state index contributed by atoms with van der Waals surface area (Å²) < 4.78 is 21.2. The maximum Gasteiger partial charge on any atom is 0.178 e. The molecule has 0 bridgehead atoms. The van der Waals surface area contributed by atoms with Crippen LogP contribution < -0.4 is 4.74 Å². The van der Waals surface area contributed by atoms with Crippen LogP contribution in [0, 0.1) is 10.6 Å². The molecule has 5 heteroatoms. The average Bonchev–Trinajstić information content (AvgIpc) is 2.75. The molecule has 3 nitrogen and oxygen atoms in total. The van der Waals surface area contributed by atoms with E-state index in [0.717, 1.165) is 11.0 Å². The zero-order chi connectivity index (χ0) is 13.9. The van der Waals surface area contributed by atoms with Crippen LogP contribution in [0.3, 0.4) is 0 Å². The Morgan fingerprint density at radius 3 is 2.85 bits per heavy atom. The van der Waals surface area contributed by atoms with Crippen molar-refractivity contribution in [2.24, 2.45) is 0 Å². The first kappa shape index (κ1) is 12.9. The van der Waals surface area contributed by atoms with Crippen LogP contribution in [0.25, 0.3) is 11.0 Å². The number of H-pyrrole nitrogens is 1. The molecule has 0 spiro atoms. The van der Waals surface area contributed by atoms with E-state index in [1.54, 1.807) is 12.1 Å². The van der Waals surface area contributed by atoms with E-state index < -0.39 is 0 Å². The Morgan fingerprint density at radius 2 is 2.00 bits per heavy atom. The molecule has 0 radical (unpaired) electrons. The zero-order valence-corrected chi connectivity index (χ0v) is 11.5. The number of fused-ring (bicyclic) bond motifs is 1. The molecule has 3 aromatic rings. The van der Waals surface area contributed by atoms with E-state index in [1.165, 1.54) is 12.1 Å². The van der Waals surface area contributed by atoms with E-state index >= 15 is 0 Å². The van der Waals surface area contributed by atoms with Crippen molar-refractivity contribution in [3.05, 3.63) is 59.1 Å². The van der Waals surface area contributed by atoms with Gasteiger partial charge in [0.05, 0.1) is 17.6 Å². The standard InChI is InChI=1S/C15H13FN2OS/c16-11-4-3-5-12(10-11)19-9-8-18-14-7-2-1-6-13(14)17-15(18)20/h1-7,10H,8-9H2,(H,17,20). The Labute approximate surface area is 120 Å². The van der Waals surface area contributed by atoms with Crippen LogP contribution in [0.4, 0.5) is 4.39 Å². The highest BCUT2D eigenvalue weighted by atomic mass is 32.1. The number of hydrogen-bond acceptors (Lipinski definition) is 2. The molecular formula is C15H13FN2OS. The van der Waals surface area contributed by atoms with Gasteiger partial charge in [0.1, 0.15) is 18.2 Å². The lowest BCUT2D eigenvalue weighted by Crippen LogP contribution is -2.08. The Hall–Kier alpha value is -2.14. The van der Waals surface area contributed by atoms with E-state index in [4.69, 9.17) is 17.0 Å². The summed E-state index contributed by atoms with van der Waals surface area (Å²) >= 11 is 5.30. The third-order valence-electron chi connectivity index (χ3n) is 3.06. The van der Waals surface area contributed by atoms with Crippen molar-refractivity contribution in [1.29, 1.82) is 0 Å². The molecular weight excluding hydrogens is 275 g/mol. The molecule has 0 unspecified atom stereocenters. The third kappa shape index (κ3) is 2.58. The molecule has 0 amide bonds. The largest absolute Gasteiger partial charge is 0.492 e. The quantitative estimate of drug-likeness (QED) is 0.738. The van der Waals surface area contributed by atoms with Crippen molar-refractivity contribution in [2.75, 3.05) is 6.61 Å². The molecule has 0 aliphatic carbocycles. The van der Waals surface area contributed by atoms with Crippen LogP contribution in [0.15, 0.2) is 48.5 Å². The smallest absolute Gasteiger partial charge is 0.178 e. The van der Waals surface area contributed by atoms with Crippen LogP contribution in [-0.2, 0) is 6.54 Å².